The summed E-state index contributed by atoms with van der Waals surface area (Å²) in [6, 6.07) is 0. The lowest BCUT2D eigenvalue weighted by Crippen LogP contribution is -2.44. The molecule has 0 radical (unpaired) electrons. The van der Waals surface area contributed by atoms with E-state index in [0.717, 1.165) is 17.1 Å². The summed E-state index contributed by atoms with van der Waals surface area (Å²) in [5.74, 6) is -0.267. The van der Waals surface area contributed by atoms with E-state index in [1.54, 1.807) is 0 Å². The number of aromatic nitrogens is 1. The van der Waals surface area contributed by atoms with Gasteiger partial charge in [0, 0.05) is 5.54 Å². The van der Waals surface area contributed by atoms with Crippen LogP contribution in [0.1, 0.15) is 55.6 Å². The second kappa shape index (κ2) is 5.26. The van der Waals surface area contributed by atoms with Gasteiger partial charge < -0.3 is 10.1 Å². The molecule has 100 valence electrons. The summed E-state index contributed by atoms with van der Waals surface area (Å²) in [5, 5.41) is 4.39. The van der Waals surface area contributed by atoms with Crippen LogP contribution in [0.5, 0.6) is 0 Å². The molecule has 0 spiro atoms. The van der Waals surface area contributed by atoms with Gasteiger partial charge in [-0.1, -0.05) is 6.92 Å². The van der Waals surface area contributed by atoms with E-state index in [2.05, 4.69) is 16.6 Å². The molecule has 5 heteroatoms. The van der Waals surface area contributed by atoms with Gasteiger partial charge in [0.2, 0.25) is 0 Å². The fraction of sp³-hybridized carbons (Fsp3) is 0.692. The van der Waals surface area contributed by atoms with Crippen LogP contribution in [0.15, 0.2) is 0 Å². The van der Waals surface area contributed by atoms with Crippen molar-refractivity contribution < 1.29 is 9.53 Å². The number of nitrogens with zero attached hydrogens (tertiary/aromatic N) is 1. The van der Waals surface area contributed by atoms with E-state index in [0.29, 0.717) is 12.2 Å². The SMILES string of the molecule is CCOC(=O)c1c(C)nsc1NC1(CC)CCC1. The molecule has 18 heavy (non-hydrogen) atoms. The van der Waals surface area contributed by atoms with E-state index in [1.165, 1.54) is 30.8 Å². The second-order valence-corrected chi connectivity index (χ2v) is 5.58. The molecule has 1 aliphatic rings. The van der Waals surface area contributed by atoms with Gasteiger partial charge in [-0.05, 0) is 51.1 Å². The summed E-state index contributed by atoms with van der Waals surface area (Å²) in [5.41, 5.74) is 1.54. The minimum atomic E-state index is -0.267. The van der Waals surface area contributed by atoms with E-state index in [1.807, 2.05) is 13.8 Å². The first kappa shape index (κ1) is 13.3. The van der Waals surface area contributed by atoms with Crippen molar-refractivity contribution in [3.63, 3.8) is 0 Å². The zero-order valence-electron chi connectivity index (χ0n) is 11.2. The summed E-state index contributed by atoms with van der Waals surface area (Å²) in [4.78, 5) is 11.9. The molecule has 0 aromatic carbocycles. The highest BCUT2D eigenvalue weighted by atomic mass is 32.1. The van der Waals surface area contributed by atoms with Crippen molar-refractivity contribution in [3.8, 4) is 0 Å². The van der Waals surface area contributed by atoms with Gasteiger partial charge in [0.15, 0.2) is 0 Å². The number of ether oxygens (including phenoxy) is 1. The van der Waals surface area contributed by atoms with Crippen molar-refractivity contribution in [3.05, 3.63) is 11.3 Å². The normalized spacial score (nSPS) is 17.1. The maximum atomic E-state index is 11.9. The molecule has 0 bridgehead atoms. The molecule has 1 aromatic rings. The van der Waals surface area contributed by atoms with Crippen molar-refractivity contribution in [1.29, 1.82) is 0 Å². The summed E-state index contributed by atoms with van der Waals surface area (Å²) < 4.78 is 9.37. The largest absolute Gasteiger partial charge is 0.462 e. The minimum Gasteiger partial charge on any atom is -0.462 e. The molecule has 1 N–H and O–H groups in total. The van der Waals surface area contributed by atoms with Crippen LogP contribution in [0.25, 0.3) is 0 Å². The topological polar surface area (TPSA) is 51.2 Å². The van der Waals surface area contributed by atoms with Crippen molar-refractivity contribution in [2.24, 2.45) is 0 Å². The van der Waals surface area contributed by atoms with Crippen molar-refractivity contribution in [1.82, 2.24) is 4.37 Å². The number of hydrogen-bond acceptors (Lipinski definition) is 5. The molecular weight excluding hydrogens is 248 g/mol. The highest BCUT2D eigenvalue weighted by molar-refractivity contribution is 7.10. The van der Waals surface area contributed by atoms with Gasteiger partial charge in [-0.15, -0.1) is 0 Å². The quantitative estimate of drug-likeness (QED) is 0.832. The molecule has 2 rings (SSSR count). The third-order valence-corrected chi connectivity index (χ3v) is 4.56. The van der Waals surface area contributed by atoms with E-state index in [4.69, 9.17) is 4.74 Å². The number of carbonyl (C=O) groups is 1. The fourth-order valence-electron chi connectivity index (χ4n) is 2.31. The third kappa shape index (κ3) is 2.36. The Morgan fingerprint density at radius 3 is 2.72 bits per heavy atom. The van der Waals surface area contributed by atoms with Crippen LogP contribution in [0.2, 0.25) is 0 Å². The predicted octanol–water partition coefficient (Wildman–Crippen LogP) is 3.37. The van der Waals surface area contributed by atoms with Gasteiger partial charge in [0.05, 0.1) is 12.3 Å². The first-order chi connectivity index (χ1) is 8.62. The zero-order valence-corrected chi connectivity index (χ0v) is 12.0. The molecule has 4 nitrogen and oxygen atoms in total. The van der Waals surface area contributed by atoms with Gasteiger partial charge in [-0.25, -0.2) is 4.79 Å². The average molecular weight is 268 g/mol. The molecule has 1 heterocycles. The minimum absolute atomic E-state index is 0.167. The van der Waals surface area contributed by atoms with E-state index >= 15 is 0 Å². The lowest BCUT2D eigenvalue weighted by Gasteiger charge is -2.42. The first-order valence-corrected chi connectivity index (χ1v) is 7.31. The molecule has 1 aliphatic carbocycles. The maximum Gasteiger partial charge on any atom is 0.343 e. The molecule has 1 aromatic heterocycles. The zero-order chi connectivity index (χ0) is 13.2. The molecule has 0 amide bonds. The predicted molar refractivity (Wildman–Crippen MR) is 73.3 cm³/mol. The number of carbonyl (C=O) groups excluding carboxylic acids is 1. The Morgan fingerprint density at radius 1 is 1.50 bits per heavy atom. The van der Waals surface area contributed by atoms with Crippen LogP contribution in [0.4, 0.5) is 5.00 Å². The van der Waals surface area contributed by atoms with Gasteiger partial charge >= 0.3 is 5.97 Å². The van der Waals surface area contributed by atoms with Crippen LogP contribution in [0.3, 0.4) is 0 Å². The summed E-state index contributed by atoms with van der Waals surface area (Å²) in [6.45, 7) is 6.25. The van der Waals surface area contributed by atoms with Gasteiger partial charge in [0.1, 0.15) is 10.6 Å². The summed E-state index contributed by atoms with van der Waals surface area (Å²) in [6.07, 6.45) is 4.67. The molecule has 0 aliphatic heterocycles. The van der Waals surface area contributed by atoms with Crippen LogP contribution < -0.4 is 5.32 Å². The highest BCUT2D eigenvalue weighted by Crippen LogP contribution is 2.40. The molecule has 1 saturated carbocycles. The number of anilines is 1. The maximum absolute atomic E-state index is 11.9. The highest BCUT2D eigenvalue weighted by Gasteiger charge is 2.36. The van der Waals surface area contributed by atoms with Crippen molar-refractivity contribution >= 4 is 22.5 Å². The second-order valence-electron chi connectivity index (χ2n) is 4.81. The van der Waals surface area contributed by atoms with E-state index in [9.17, 15) is 4.79 Å². The summed E-state index contributed by atoms with van der Waals surface area (Å²) in [7, 11) is 0. The Labute approximate surface area is 112 Å². The fourth-order valence-corrected chi connectivity index (χ4v) is 3.21. The molecule has 0 unspecified atom stereocenters. The summed E-state index contributed by atoms with van der Waals surface area (Å²) >= 11 is 1.36. The van der Waals surface area contributed by atoms with Crippen molar-refractivity contribution in [2.45, 2.75) is 52.0 Å². The average Bonchev–Trinajstić information content (AvgIpc) is 2.65. The lowest BCUT2D eigenvalue weighted by atomic mass is 9.75. The molecule has 0 atom stereocenters. The van der Waals surface area contributed by atoms with Gasteiger partial charge in [-0.2, -0.15) is 4.37 Å². The van der Waals surface area contributed by atoms with E-state index in [-0.39, 0.29) is 11.5 Å². The number of aryl methyl sites for hydroxylation is 1. The Hall–Kier alpha value is -1.10. The van der Waals surface area contributed by atoms with Gasteiger partial charge in [-0.3, -0.25) is 0 Å². The monoisotopic (exact) mass is 268 g/mol. The number of esters is 1. The van der Waals surface area contributed by atoms with Crippen LogP contribution in [-0.4, -0.2) is 22.5 Å². The Kier molecular flexibility index (Phi) is 3.90. The molecule has 1 fully saturated rings. The van der Waals surface area contributed by atoms with Crippen LogP contribution in [0, 0.1) is 6.92 Å². The number of rotatable bonds is 5. The third-order valence-electron chi connectivity index (χ3n) is 3.71. The lowest BCUT2D eigenvalue weighted by molar-refractivity contribution is 0.0526. The van der Waals surface area contributed by atoms with Crippen LogP contribution in [-0.2, 0) is 4.74 Å². The standard InChI is InChI=1S/C13H20N2O2S/c1-4-13(7-6-8-13)14-11-10(9(3)15-18-11)12(16)17-5-2/h14H,4-8H2,1-3H3. The molecule has 0 saturated heterocycles. The Balaban J connectivity index is 2.20. The Bertz CT molecular complexity index is 433. The van der Waals surface area contributed by atoms with Crippen molar-refractivity contribution in [2.75, 3.05) is 11.9 Å². The number of nitrogens with one attached hydrogen (secondary N) is 1. The Morgan fingerprint density at radius 2 is 2.22 bits per heavy atom. The number of hydrogen-bond donors (Lipinski definition) is 1. The smallest absolute Gasteiger partial charge is 0.343 e. The molecular formula is C13H20N2O2S. The van der Waals surface area contributed by atoms with Gasteiger partial charge in [0.25, 0.3) is 0 Å². The van der Waals surface area contributed by atoms with E-state index < -0.39 is 0 Å². The van der Waals surface area contributed by atoms with Crippen LogP contribution >= 0.6 is 11.5 Å². The first-order valence-electron chi connectivity index (χ1n) is 6.53.